The van der Waals surface area contributed by atoms with E-state index in [0.717, 1.165) is 11.1 Å². The molecule has 18 heteroatoms. The summed E-state index contributed by atoms with van der Waals surface area (Å²) in [6, 6.07) is 16.2. The maximum atomic E-state index is 13.2. The second-order valence-electron chi connectivity index (χ2n) is 17.9. The average molecular weight is 869 g/mol. The number of alkyl carbamates (subject to hydrolysis) is 2. The minimum atomic E-state index is -4.17. The number of hydrogen-bond acceptors (Lipinski definition) is 12. The zero-order valence-electron chi connectivity index (χ0n) is 36.0. The molecule has 0 heterocycles. The molecule has 0 bridgehead atoms. The molecular formula is C41H64N4O12S2. The molecule has 2 atom stereocenters. The third kappa shape index (κ3) is 22.6. The Hall–Kier alpha value is -4.26. The highest BCUT2D eigenvalue weighted by Crippen LogP contribution is 2.19. The van der Waals surface area contributed by atoms with Crippen molar-refractivity contribution in [2.75, 3.05) is 37.8 Å². The molecule has 4 N–H and O–H groups in total. The van der Waals surface area contributed by atoms with Gasteiger partial charge in [-0.15, -0.1) is 0 Å². The Balaban J connectivity index is 1.87. The van der Waals surface area contributed by atoms with E-state index in [2.05, 4.69) is 21.3 Å². The Labute approximate surface area is 350 Å². The minimum absolute atomic E-state index is 0.00492. The van der Waals surface area contributed by atoms with Gasteiger partial charge in [0.05, 0.1) is 24.7 Å². The first-order valence-corrected chi connectivity index (χ1v) is 22.6. The number of amides is 4. The first-order valence-electron chi connectivity index (χ1n) is 19.4. The predicted molar refractivity (Wildman–Crippen MR) is 224 cm³/mol. The van der Waals surface area contributed by atoms with Gasteiger partial charge in [-0.3, -0.25) is 18.0 Å². The van der Waals surface area contributed by atoms with Crippen LogP contribution in [0.3, 0.4) is 0 Å². The molecule has 332 valence electrons. The van der Waals surface area contributed by atoms with Crippen LogP contribution >= 0.6 is 0 Å². The van der Waals surface area contributed by atoms with Gasteiger partial charge in [0, 0.05) is 36.8 Å². The predicted octanol–water partition coefficient (Wildman–Crippen LogP) is 4.63. The van der Waals surface area contributed by atoms with Crippen LogP contribution in [-0.2, 0) is 60.5 Å². The van der Waals surface area contributed by atoms with Crippen molar-refractivity contribution in [1.29, 1.82) is 0 Å². The van der Waals surface area contributed by atoms with Gasteiger partial charge in [0.1, 0.15) is 23.3 Å². The number of carbonyl (C=O) groups is 4. The van der Waals surface area contributed by atoms with E-state index in [1.165, 1.54) is 0 Å². The average Bonchev–Trinajstić information content (AvgIpc) is 3.10. The van der Waals surface area contributed by atoms with Crippen LogP contribution in [0.15, 0.2) is 60.7 Å². The number of carbonyl (C=O) groups excluding carboxylic acids is 4. The van der Waals surface area contributed by atoms with Crippen LogP contribution < -0.4 is 21.3 Å². The van der Waals surface area contributed by atoms with Crippen molar-refractivity contribution in [2.24, 2.45) is 10.8 Å². The minimum Gasteiger partial charge on any atom is -0.444 e. The van der Waals surface area contributed by atoms with Crippen molar-refractivity contribution >= 4 is 44.2 Å². The SMILES string of the molecule is CC(C)(CNC(=O)[C@H](Cc1ccccc1)NC(=O)OC(C)(C)C)COS(=O)(=O)CCCS(=O)(=O)OCC(C)(C)CNC(=O)[C@H](Cc1ccccc1)NC(=O)OC(C)(C)C. The molecular weight excluding hydrogens is 805 g/mol. The number of nitrogens with one attached hydrogen (secondary N) is 4. The third-order valence-corrected chi connectivity index (χ3v) is 10.6. The van der Waals surface area contributed by atoms with E-state index in [-0.39, 0.29) is 45.6 Å². The number of ether oxygens (including phenoxy) is 2. The Bertz CT molecular complexity index is 1760. The van der Waals surface area contributed by atoms with Crippen molar-refractivity contribution in [1.82, 2.24) is 21.3 Å². The molecule has 0 unspecified atom stereocenters. The van der Waals surface area contributed by atoms with Gasteiger partial charge in [-0.05, 0) is 59.1 Å². The molecule has 59 heavy (non-hydrogen) atoms. The van der Waals surface area contributed by atoms with Gasteiger partial charge >= 0.3 is 12.2 Å². The third-order valence-electron chi connectivity index (χ3n) is 8.11. The smallest absolute Gasteiger partial charge is 0.408 e. The normalized spacial score (nSPS) is 13.7. The summed E-state index contributed by atoms with van der Waals surface area (Å²) < 4.78 is 72.0. The van der Waals surface area contributed by atoms with E-state index < -0.39 is 89.9 Å². The van der Waals surface area contributed by atoms with Crippen LogP contribution in [0.4, 0.5) is 9.59 Å². The molecule has 0 radical (unpaired) electrons. The summed E-state index contributed by atoms with van der Waals surface area (Å²) in [7, 11) is -8.34. The zero-order chi connectivity index (χ0) is 44.7. The first kappa shape index (κ1) is 50.9. The lowest BCUT2D eigenvalue weighted by molar-refractivity contribution is -0.124. The molecule has 2 aromatic rings. The Morgan fingerprint density at radius 3 is 1.17 bits per heavy atom. The standard InChI is InChI=1S/C41H64N4O12S2/c1-38(2,3)56-36(48)44-32(24-30-18-13-11-14-19-30)34(46)42-26-40(7,8)28-54-58(50,51)22-17-23-59(52,53)55-29-41(9,10)27-43-35(47)33(25-31-20-15-12-16-21-31)45-37(49)57-39(4,5)6/h11-16,18-21,32-33H,17,22-29H2,1-10H3,(H,42,46)(H,43,47)(H,44,48)(H,45,49)/t32-,33-/m0/s1. The van der Waals surface area contributed by atoms with Crippen LogP contribution in [0, 0.1) is 10.8 Å². The molecule has 2 rings (SSSR count). The van der Waals surface area contributed by atoms with Crippen LogP contribution in [0.1, 0.15) is 86.8 Å². The molecule has 0 fully saturated rings. The largest absolute Gasteiger partial charge is 0.444 e. The van der Waals surface area contributed by atoms with Gasteiger partial charge in [0.25, 0.3) is 20.2 Å². The second-order valence-corrected chi connectivity index (χ2v) is 21.5. The fourth-order valence-electron chi connectivity index (χ4n) is 5.05. The fraction of sp³-hybridized carbons (Fsp3) is 0.610. The van der Waals surface area contributed by atoms with Crippen molar-refractivity contribution in [3.05, 3.63) is 71.8 Å². The van der Waals surface area contributed by atoms with Gasteiger partial charge in [-0.25, -0.2) is 9.59 Å². The van der Waals surface area contributed by atoms with E-state index in [4.69, 9.17) is 17.8 Å². The summed E-state index contributed by atoms with van der Waals surface area (Å²) >= 11 is 0. The van der Waals surface area contributed by atoms with Crippen LogP contribution in [0.5, 0.6) is 0 Å². The van der Waals surface area contributed by atoms with E-state index in [9.17, 15) is 36.0 Å². The summed E-state index contributed by atoms with van der Waals surface area (Å²) in [6.07, 6.45) is -1.47. The van der Waals surface area contributed by atoms with Gasteiger partial charge in [-0.2, -0.15) is 16.8 Å². The highest BCUT2D eigenvalue weighted by atomic mass is 32.2. The highest BCUT2D eigenvalue weighted by molar-refractivity contribution is 7.87. The lowest BCUT2D eigenvalue weighted by Gasteiger charge is -2.27. The zero-order valence-corrected chi connectivity index (χ0v) is 37.6. The summed E-state index contributed by atoms with van der Waals surface area (Å²) in [5, 5.41) is 10.7. The first-order chi connectivity index (χ1) is 27.0. The molecule has 0 saturated carbocycles. The van der Waals surface area contributed by atoms with Gasteiger partial charge in [0.2, 0.25) is 11.8 Å². The second kappa shape index (κ2) is 21.8. The summed E-state index contributed by atoms with van der Waals surface area (Å²) in [6.45, 7) is 16.3. The van der Waals surface area contributed by atoms with Crippen molar-refractivity contribution in [3.63, 3.8) is 0 Å². The van der Waals surface area contributed by atoms with Gasteiger partial charge in [0.15, 0.2) is 0 Å². The lowest BCUT2D eigenvalue weighted by Crippen LogP contribution is -2.51. The van der Waals surface area contributed by atoms with Crippen molar-refractivity contribution in [3.8, 4) is 0 Å². The topological polar surface area (TPSA) is 222 Å². The van der Waals surface area contributed by atoms with Crippen LogP contribution in [0.2, 0.25) is 0 Å². The monoisotopic (exact) mass is 868 g/mol. The van der Waals surface area contributed by atoms with E-state index in [0.29, 0.717) is 0 Å². The Kier molecular flexibility index (Phi) is 18.8. The molecule has 0 aromatic heterocycles. The molecule has 0 aliphatic carbocycles. The Morgan fingerprint density at radius 2 is 0.864 bits per heavy atom. The lowest BCUT2D eigenvalue weighted by atomic mass is 9.94. The van der Waals surface area contributed by atoms with E-state index in [1.54, 1.807) is 69.2 Å². The highest BCUT2D eigenvalue weighted by Gasteiger charge is 2.30. The fourth-order valence-corrected chi connectivity index (χ4v) is 7.46. The van der Waals surface area contributed by atoms with Crippen molar-refractivity contribution < 1.29 is 53.9 Å². The van der Waals surface area contributed by atoms with Gasteiger partial charge in [-0.1, -0.05) is 88.4 Å². The molecule has 0 saturated heterocycles. The maximum Gasteiger partial charge on any atom is 0.408 e. The molecule has 0 aliphatic heterocycles. The van der Waals surface area contributed by atoms with Gasteiger partial charge < -0.3 is 30.7 Å². The summed E-state index contributed by atoms with van der Waals surface area (Å²) in [5.74, 6) is -2.23. The van der Waals surface area contributed by atoms with Crippen LogP contribution in [-0.4, -0.2) is 102 Å². The number of hydrogen-bond donors (Lipinski definition) is 4. The number of rotatable bonds is 22. The molecule has 4 amide bonds. The molecule has 16 nitrogen and oxygen atoms in total. The van der Waals surface area contributed by atoms with E-state index >= 15 is 0 Å². The quantitative estimate of drug-likeness (QED) is 0.119. The molecule has 0 aliphatic rings. The van der Waals surface area contributed by atoms with E-state index in [1.807, 2.05) is 60.7 Å². The van der Waals surface area contributed by atoms with Crippen molar-refractivity contribution in [2.45, 2.75) is 112 Å². The number of benzene rings is 2. The summed E-state index contributed by atoms with van der Waals surface area (Å²) in [4.78, 5) is 51.5. The molecule has 2 aromatic carbocycles. The molecule has 0 spiro atoms. The van der Waals surface area contributed by atoms with Crippen LogP contribution in [0.25, 0.3) is 0 Å². The Morgan fingerprint density at radius 1 is 0.542 bits per heavy atom. The summed E-state index contributed by atoms with van der Waals surface area (Å²) in [5.41, 5.74) is -1.72. The maximum absolute atomic E-state index is 13.2.